The number of hydrogen-bond donors (Lipinski definition) is 3. The number of aliphatic carboxylic acids is 1. The molecule has 2 aromatic rings. The minimum Gasteiger partial charge on any atom is -0.480 e. The highest BCUT2D eigenvalue weighted by atomic mass is 16.5. The van der Waals surface area contributed by atoms with Gasteiger partial charge >= 0.3 is 12.1 Å². The second kappa shape index (κ2) is 10.5. The Morgan fingerprint density at radius 2 is 1.42 bits per heavy atom. The Hall–Kier alpha value is -3.35. The number of hydrogen-bond acceptors (Lipinski definition) is 4. The Balaban J connectivity index is 1.61. The Morgan fingerprint density at radius 1 is 0.879 bits per heavy atom. The average molecular weight is 453 g/mol. The van der Waals surface area contributed by atoms with Crippen LogP contribution < -0.4 is 10.6 Å². The number of alkyl carbamates (subject to hydrolysis) is 1. The molecule has 0 radical (unpaired) electrons. The van der Waals surface area contributed by atoms with Crippen LogP contribution in [0, 0.1) is 11.8 Å². The number of carbonyl (C=O) groups excluding carboxylic acids is 2. The summed E-state index contributed by atoms with van der Waals surface area (Å²) < 4.78 is 5.58. The van der Waals surface area contributed by atoms with Crippen LogP contribution in [0.1, 0.15) is 51.2 Å². The van der Waals surface area contributed by atoms with Crippen molar-refractivity contribution in [3.8, 4) is 11.1 Å². The molecule has 7 nitrogen and oxygen atoms in total. The van der Waals surface area contributed by atoms with E-state index in [1.807, 2.05) is 38.1 Å². The van der Waals surface area contributed by atoms with Gasteiger partial charge in [-0.25, -0.2) is 9.59 Å². The zero-order valence-corrected chi connectivity index (χ0v) is 19.5. The number of fused-ring (bicyclic) bond motifs is 3. The van der Waals surface area contributed by atoms with Crippen LogP contribution >= 0.6 is 0 Å². The number of carboxylic acid groups (broad SMARTS) is 1. The van der Waals surface area contributed by atoms with Crippen LogP contribution in [0.2, 0.25) is 0 Å². The van der Waals surface area contributed by atoms with Crippen molar-refractivity contribution in [2.24, 2.45) is 11.8 Å². The number of benzene rings is 2. The first-order valence-corrected chi connectivity index (χ1v) is 11.3. The molecule has 0 spiro atoms. The molecule has 0 saturated heterocycles. The van der Waals surface area contributed by atoms with E-state index < -0.39 is 30.1 Å². The van der Waals surface area contributed by atoms with Crippen molar-refractivity contribution >= 4 is 18.0 Å². The summed E-state index contributed by atoms with van der Waals surface area (Å²) in [5.41, 5.74) is 4.55. The monoisotopic (exact) mass is 452 g/mol. The van der Waals surface area contributed by atoms with Gasteiger partial charge in [-0.05, 0) is 34.1 Å². The lowest BCUT2D eigenvalue weighted by Crippen LogP contribution is -2.48. The summed E-state index contributed by atoms with van der Waals surface area (Å²) in [5, 5.41) is 14.6. The standard InChI is InChI=1S/C26H32N2O5/c1-15(2)22(13-23(29)28-24(16(3)4)25(30)31)27-26(32)33-14-21-19-11-7-5-9-17(19)18-10-6-8-12-20(18)21/h5-12,15-16,21-22,24H,13-14H2,1-4H3,(H,27,32)(H,28,29)(H,30,31)/t22-,24?/m0/s1. The lowest BCUT2D eigenvalue weighted by molar-refractivity contribution is -0.143. The molecule has 0 bridgehead atoms. The fourth-order valence-corrected chi connectivity index (χ4v) is 4.19. The molecule has 0 aromatic heterocycles. The third kappa shape index (κ3) is 5.72. The normalized spacial score (nSPS) is 14.4. The van der Waals surface area contributed by atoms with Crippen molar-refractivity contribution in [1.29, 1.82) is 0 Å². The molecule has 3 N–H and O–H groups in total. The van der Waals surface area contributed by atoms with E-state index in [0.717, 1.165) is 22.3 Å². The summed E-state index contributed by atoms with van der Waals surface area (Å²) in [5.74, 6) is -1.85. The molecule has 1 aliphatic carbocycles. The van der Waals surface area contributed by atoms with E-state index in [-0.39, 0.29) is 30.8 Å². The fraction of sp³-hybridized carbons (Fsp3) is 0.423. The van der Waals surface area contributed by atoms with Crippen molar-refractivity contribution in [3.05, 3.63) is 59.7 Å². The molecule has 2 aromatic carbocycles. The maximum Gasteiger partial charge on any atom is 0.407 e. The van der Waals surface area contributed by atoms with E-state index in [2.05, 4.69) is 34.9 Å². The number of ether oxygens (including phenoxy) is 1. The maximum absolute atomic E-state index is 12.6. The van der Waals surface area contributed by atoms with Crippen LogP contribution in [0.4, 0.5) is 4.79 Å². The second-order valence-electron chi connectivity index (χ2n) is 9.15. The predicted molar refractivity (Wildman–Crippen MR) is 126 cm³/mol. The van der Waals surface area contributed by atoms with Gasteiger partial charge in [-0.1, -0.05) is 76.2 Å². The van der Waals surface area contributed by atoms with Crippen LogP contribution in [0.25, 0.3) is 11.1 Å². The fourth-order valence-electron chi connectivity index (χ4n) is 4.19. The zero-order valence-electron chi connectivity index (χ0n) is 19.5. The summed E-state index contributed by atoms with van der Waals surface area (Å²) in [6.45, 7) is 7.42. The summed E-state index contributed by atoms with van der Waals surface area (Å²) in [4.78, 5) is 36.4. The van der Waals surface area contributed by atoms with Crippen LogP contribution in [-0.2, 0) is 14.3 Å². The highest BCUT2D eigenvalue weighted by Gasteiger charge is 2.30. The maximum atomic E-state index is 12.6. The molecule has 33 heavy (non-hydrogen) atoms. The topological polar surface area (TPSA) is 105 Å². The highest BCUT2D eigenvalue weighted by Crippen LogP contribution is 2.44. The second-order valence-corrected chi connectivity index (χ2v) is 9.15. The smallest absolute Gasteiger partial charge is 0.407 e. The van der Waals surface area contributed by atoms with Crippen LogP contribution in [0.5, 0.6) is 0 Å². The van der Waals surface area contributed by atoms with E-state index in [9.17, 15) is 19.5 Å². The van der Waals surface area contributed by atoms with Gasteiger partial charge in [0.25, 0.3) is 0 Å². The Labute approximate surface area is 194 Å². The van der Waals surface area contributed by atoms with Gasteiger partial charge in [-0.15, -0.1) is 0 Å². The van der Waals surface area contributed by atoms with E-state index in [4.69, 9.17) is 4.74 Å². The highest BCUT2D eigenvalue weighted by molar-refractivity contribution is 5.84. The summed E-state index contributed by atoms with van der Waals surface area (Å²) in [6.07, 6.45) is -0.625. The summed E-state index contributed by atoms with van der Waals surface area (Å²) in [7, 11) is 0. The Morgan fingerprint density at radius 3 is 1.91 bits per heavy atom. The van der Waals surface area contributed by atoms with Crippen LogP contribution in [0.15, 0.2) is 48.5 Å². The van der Waals surface area contributed by atoms with Gasteiger partial charge < -0.3 is 20.5 Å². The number of carbonyl (C=O) groups is 3. The molecule has 0 heterocycles. The number of carboxylic acids is 1. The predicted octanol–water partition coefficient (Wildman–Crippen LogP) is 4.17. The first-order chi connectivity index (χ1) is 15.7. The molecule has 2 atom stereocenters. The molecular weight excluding hydrogens is 420 g/mol. The van der Waals surface area contributed by atoms with Crippen molar-refractivity contribution in [1.82, 2.24) is 10.6 Å². The molecule has 176 valence electrons. The molecule has 0 saturated carbocycles. The molecule has 1 aliphatic rings. The minimum atomic E-state index is -1.08. The number of nitrogens with one attached hydrogen (secondary N) is 2. The van der Waals surface area contributed by atoms with Gasteiger partial charge in [0, 0.05) is 18.4 Å². The third-order valence-corrected chi connectivity index (χ3v) is 6.11. The van der Waals surface area contributed by atoms with E-state index in [1.165, 1.54) is 0 Å². The van der Waals surface area contributed by atoms with E-state index >= 15 is 0 Å². The van der Waals surface area contributed by atoms with Crippen molar-refractivity contribution in [2.75, 3.05) is 6.61 Å². The van der Waals surface area contributed by atoms with E-state index in [1.54, 1.807) is 13.8 Å². The SMILES string of the molecule is CC(C)C(NC(=O)C[C@H](NC(=O)OCC1c2ccccc2-c2ccccc21)C(C)C)C(=O)O. The van der Waals surface area contributed by atoms with Gasteiger partial charge in [-0.2, -0.15) is 0 Å². The lowest BCUT2D eigenvalue weighted by atomic mass is 9.98. The van der Waals surface area contributed by atoms with Gasteiger partial charge in [0.2, 0.25) is 5.91 Å². The first kappa shape index (κ1) is 24.3. The van der Waals surface area contributed by atoms with E-state index in [0.29, 0.717) is 0 Å². The van der Waals surface area contributed by atoms with Gasteiger partial charge in [0.05, 0.1) is 0 Å². The van der Waals surface area contributed by atoms with Crippen molar-refractivity contribution < 1.29 is 24.2 Å². The molecule has 7 heteroatoms. The summed E-state index contributed by atoms with van der Waals surface area (Å²) >= 11 is 0. The molecule has 3 rings (SSSR count). The quantitative estimate of drug-likeness (QED) is 0.530. The van der Waals surface area contributed by atoms with Crippen molar-refractivity contribution in [3.63, 3.8) is 0 Å². The molecule has 2 amide bonds. The van der Waals surface area contributed by atoms with Crippen molar-refractivity contribution in [2.45, 2.75) is 52.1 Å². The van der Waals surface area contributed by atoms with Crippen LogP contribution in [0.3, 0.4) is 0 Å². The molecule has 0 fully saturated rings. The van der Waals surface area contributed by atoms with Gasteiger partial charge in [0.15, 0.2) is 0 Å². The largest absolute Gasteiger partial charge is 0.480 e. The van der Waals surface area contributed by atoms with Crippen LogP contribution in [-0.4, -0.2) is 41.8 Å². The van der Waals surface area contributed by atoms with Gasteiger partial charge in [0.1, 0.15) is 12.6 Å². The Kier molecular flexibility index (Phi) is 7.74. The molecule has 0 aliphatic heterocycles. The summed E-state index contributed by atoms with van der Waals surface area (Å²) in [6, 6.07) is 14.7. The molecular formula is C26H32N2O5. The first-order valence-electron chi connectivity index (χ1n) is 11.3. The average Bonchev–Trinajstić information content (AvgIpc) is 3.09. The zero-order chi connectivity index (χ0) is 24.1. The van der Waals surface area contributed by atoms with Gasteiger partial charge in [-0.3, -0.25) is 4.79 Å². The molecule has 1 unspecified atom stereocenters. The number of rotatable bonds is 9. The minimum absolute atomic E-state index is 0.0294. The third-order valence-electron chi connectivity index (χ3n) is 6.11. The number of amides is 2. The lowest BCUT2D eigenvalue weighted by Gasteiger charge is -2.24. The Bertz CT molecular complexity index is 972.